The van der Waals surface area contributed by atoms with Gasteiger partial charge in [0.05, 0.1) is 0 Å². The largest absolute Gasteiger partial charge is 0.480 e. The first-order valence-electron chi connectivity index (χ1n) is 4.15. The molecule has 0 aromatic heterocycles. The van der Waals surface area contributed by atoms with Crippen LogP contribution in [0.4, 0.5) is 0 Å². The first-order chi connectivity index (χ1) is 6.59. The van der Waals surface area contributed by atoms with Gasteiger partial charge in [-0.15, -0.1) is 0 Å². The second kappa shape index (κ2) is 2.57. The first-order valence-corrected chi connectivity index (χ1v) is 4.15. The van der Waals surface area contributed by atoms with Crippen LogP contribution in [-0.2, 0) is 9.59 Å². The number of aliphatic carboxylic acids is 2. The van der Waals surface area contributed by atoms with Gasteiger partial charge in [-0.1, -0.05) is 24.3 Å². The van der Waals surface area contributed by atoms with E-state index in [2.05, 4.69) is 0 Å². The molecule has 0 bridgehead atoms. The highest BCUT2D eigenvalue weighted by Crippen LogP contribution is 2.45. The van der Waals surface area contributed by atoms with Gasteiger partial charge in [0.25, 0.3) is 0 Å². The molecule has 0 saturated heterocycles. The summed E-state index contributed by atoms with van der Waals surface area (Å²) in [7, 11) is 0. The molecule has 0 atom stereocenters. The Kier molecular flexibility index (Phi) is 1.61. The summed E-state index contributed by atoms with van der Waals surface area (Å²) in [6.07, 6.45) is 6.63. The lowest BCUT2D eigenvalue weighted by atomic mass is 9.80. The molecule has 4 heteroatoms. The predicted octanol–water partition coefficient (Wildman–Crippen LogP) is 0.968. The van der Waals surface area contributed by atoms with E-state index in [1.807, 2.05) is 0 Å². The van der Waals surface area contributed by atoms with Crippen LogP contribution in [0.3, 0.4) is 0 Å². The maximum absolute atomic E-state index is 11.0. The van der Waals surface area contributed by atoms with Crippen LogP contribution in [0.2, 0.25) is 0 Å². The van der Waals surface area contributed by atoms with Gasteiger partial charge in [0.2, 0.25) is 0 Å². The molecule has 0 heterocycles. The van der Waals surface area contributed by atoms with E-state index in [0.717, 1.165) is 5.57 Å². The number of fused-ring (bicyclic) bond motifs is 1. The zero-order chi connectivity index (χ0) is 10.3. The lowest BCUT2D eigenvalue weighted by Gasteiger charge is -2.20. The first kappa shape index (κ1) is 8.74. The van der Waals surface area contributed by atoms with Crippen molar-refractivity contribution in [3.8, 4) is 0 Å². The van der Waals surface area contributed by atoms with Gasteiger partial charge in [-0.25, -0.2) is 0 Å². The van der Waals surface area contributed by atoms with Crippen LogP contribution in [-0.4, -0.2) is 22.2 Å². The monoisotopic (exact) mass is 192 g/mol. The molecule has 2 aliphatic carbocycles. The number of carbonyl (C=O) groups is 2. The number of hydrogen-bond donors (Lipinski definition) is 2. The predicted molar refractivity (Wildman–Crippen MR) is 47.6 cm³/mol. The molecule has 2 N–H and O–H groups in total. The quantitative estimate of drug-likeness (QED) is 0.639. The van der Waals surface area contributed by atoms with Gasteiger partial charge in [0, 0.05) is 0 Å². The zero-order valence-corrected chi connectivity index (χ0v) is 7.23. The maximum Gasteiger partial charge on any atom is 0.325 e. The van der Waals surface area contributed by atoms with Crippen molar-refractivity contribution in [2.45, 2.75) is 6.42 Å². The van der Waals surface area contributed by atoms with Crippen molar-refractivity contribution in [3.63, 3.8) is 0 Å². The summed E-state index contributed by atoms with van der Waals surface area (Å²) in [6, 6.07) is 0. The molecule has 0 aromatic carbocycles. The van der Waals surface area contributed by atoms with Crippen LogP contribution in [0.1, 0.15) is 6.42 Å². The van der Waals surface area contributed by atoms with Crippen LogP contribution in [0.5, 0.6) is 0 Å². The van der Waals surface area contributed by atoms with E-state index >= 15 is 0 Å². The molecule has 2 rings (SSSR count). The molecule has 0 saturated carbocycles. The molecule has 0 spiro atoms. The Morgan fingerprint density at radius 1 is 1.29 bits per heavy atom. The summed E-state index contributed by atoms with van der Waals surface area (Å²) in [5, 5.41) is 18.0. The Hall–Kier alpha value is -1.84. The van der Waals surface area contributed by atoms with Crippen molar-refractivity contribution in [2.24, 2.45) is 5.41 Å². The number of carboxylic acid groups (broad SMARTS) is 2. The van der Waals surface area contributed by atoms with Gasteiger partial charge in [-0.05, 0) is 17.6 Å². The average Bonchev–Trinajstić information content (AvgIpc) is 2.60. The minimum absolute atomic E-state index is 0.0309. The van der Waals surface area contributed by atoms with Crippen molar-refractivity contribution in [1.29, 1.82) is 0 Å². The van der Waals surface area contributed by atoms with Crippen LogP contribution < -0.4 is 0 Å². The number of rotatable bonds is 2. The minimum atomic E-state index is -1.77. The van der Waals surface area contributed by atoms with Crippen molar-refractivity contribution < 1.29 is 19.8 Å². The topological polar surface area (TPSA) is 74.6 Å². The Balaban J connectivity index is 2.53. The van der Waals surface area contributed by atoms with E-state index in [4.69, 9.17) is 10.2 Å². The average molecular weight is 192 g/mol. The van der Waals surface area contributed by atoms with Gasteiger partial charge < -0.3 is 10.2 Å². The van der Waals surface area contributed by atoms with Crippen molar-refractivity contribution >= 4 is 11.9 Å². The van der Waals surface area contributed by atoms with E-state index in [9.17, 15) is 9.59 Å². The second-order valence-electron chi connectivity index (χ2n) is 3.32. The molecule has 0 amide bonds. The van der Waals surface area contributed by atoms with Crippen molar-refractivity contribution in [1.82, 2.24) is 0 Å². The Morgan fingerprint density at radius 2 is 1.93 bits per heavy atom. The smallest absolute Gasteiger partial charge is 0.325 e. The van der Waals surface area contributed by atoms with E-state index < -0.39 is 17.4 Å². The Bertz CT molecular complexity index is 398. The number of allylic oxidation sites excluding steroid dienone is 5. The van der Waals surface area contributed by atoms with Gasteiger partial charge >= 0.3 is 11.9 Å². The van der Waals surface area contributed by atoms with E-state index in [-0.39, 0.29) is 6.42 Å². The van der Waals surface area contributed by atoms with Gasteiger partial charge in [0.15, 0.2) is 5.41 Å². The van der Waals surface area contributed by atoms with Gasteiger partial charge in [-0.2, -0.15) is 0 Å². The summed E-state index contributed by atoms with van der Waals surface area (Å²) < 4.78 is 0. The second-order valence-corrected chi connectivity index (χ2v) is 3.32. The van der Waals surface area contributed by atoms with E-state index in [0.29, 0.717) is 5.57 Å². The molecule has 0 unspecified atom stereocenters. The zero-order valence-electron chi connectivity index (χ0n) is 7.23. The third kappa shape index (κ3) is 0.824. The lowest BCUT2D eigenvalue weighted by molar-refractivity contribution is -0.160. The van der Waals surface area contributed by atoms with Crippen LogP contribution >= 0.6 is 0 Å². The SMILES string of the molecule is O=C(O)C1(C(=O)O)CC=C2C=CC=C21. The molecule has 4 nitrogen and oxygen atoms in total. The van der Waals surface area contributed by atoms with Gasteiger partial charge in [-0.3, -0.25) is 9.59 Å². The fourth-order valence-corrected chi connectivity index (χ4v) is 1.87. The van der Waals surface area contributed by atoms with E-state index in [1.165, 1.54) is 0 Å². The highest BCUT2D eigenvalue weighted by molar-refractivity contribution is 6.04. The fraction of sp³-hybridized carbons (Fsp3) is 0.200. The van der Waals surface area contributed by atoms with Crippen LogP contribution in [0.15, 0.2) is 35.5 Å². The molecular weight excluding hydrogens is 184 g/mol. The highest BCUT2D eigenvalue weighted by atomic mass is 16.4. The van der Waals surface area contributed by atoms with Crippen LogP contribution in [0, 0.1) is 5.41 Å². The highest BCUT2D eigenvalue weighted by Gasteiger charge is 2.53. The normalized spacial score (nSPS) is 21.4. The summed E-state index contributed by atoms with van der Waals surface area (Å²) in [5.74, 6) is -2.60. The minimum Gasteiger partial charge on any atom is -0.480 e. The summed E-state index contributed by atoms with van der Waals surface area (Å²) in [6.45, 7) is 0. The molecule has 0 aromatic rings. The van der Waals surface area contributed by atoms with E-state index in [1.54, 1.807) is 24.3 Å². The molecule has 72 valence electrons. The lowest BCUT2D eigenvalue weighted by Crippen LogP contribution is -2.38. The van der Waals surface area contributed by atoms with Gasteiger partial charge in [0.1, 0.15) is 0 Å². The molecule has 14 heavy (non-hydrogen) atoms. The standard InChI is InChI=1S/C10H8O4/c11-8(12)10(9(13)14)5-4-6-2-1-3-7(6)10/h1-4H,5H2,(H,11,12)(H,13,14). The Labute approximate surface area is 79.9 Å². The fourth-order valence-electron chi connectivity index (χ4n) is 1.87. The Morgan fingerprint density at radius 3 is 2.50 bits per heavy atom. The summed E-state index contributed by atoms with van der Waals surface area (Å²) in [4.78, 5) is 22.0. The van der Waals surface area contributed by atoms with Crippen LogP contribution in [0.25, 0.3) is 0 Å². The molecule has 2 aliphatic rings. The third-order valence-electron chi connectivity index (χ3n) is 2.67. The summed E-state index contributed by atoms with van der Waals surface area (Å²) >= 11 is 0. The molecular formula is C10H8O4. The molecule has 0 fully saturated rings. The van der Waals surface area contributed by atoms with Crippen molar-refractivity contribution in [2.75, 3.05) is 0 Å². The molecule has 0 radical (unpaired) electrons. The third-order valence-corrected chi connectivity index (χ3v) is 2.67. The maximum atomic E-state index is 11.0. The number of carboxylic acids is 2. The summed E-state index contributed by atoms with van der Waals surface area (Å²) in [5.41, 5.74) is -0.661. The van der Waals surface area contributed by atoms with Crippen molar-refractivity contribution in [3.05, 3.63) is 35.5 Å². The molecule has 0 aliphatic heterocycles. The number of hydrogen-bond acceptors (Lipinski definition) is 2.